The lowest BCUT2D eigenvalue weighted by molar-refractivity contribution is -0.126. The van der Waals surface area contributed by atoms with E-state index in [1.165, 1.54) is 44.1 Å². The van der Waals surface area contributed by atoms with Gasteiger partial charge < -0.3 is 19.5 Å². The third-order valence-corrected chi connectivity index (χ3v) is 7.61. The number of amides is 1. The third-order valence-electron chi connectivity index (χ3n) is 7.61. The lowest BCUT2D eigenvalue weighted by atomic mass is 9.82. The van der Waals surface area contributed by atoms with Gasteiger partial charge in [0.15, 0.2) is 11.5 Å². The predicted octanol–water partition coefficient (Wildman–Crippen LogP) is 6.83. The van der Waals surface area contributed by atoms with Gasteiger partial charge in [0.2, 0.25) is 5.91 Å². The second-order valence-corrected chi connectivity index (χ2v) is 10.4. The lowest BCUT2D eigenvalue weighted by Gasteiger charge is -2.30. The average Bonchev–Trinajstić information content (AvgIpc) is 3.41. The smallest absolute Gasteiger partial charge is 0.223 e. The molecule has 5 heteroatoms. The summed E-state index contributed by atoms with van der Waals surface area (Å²) in [5.74, 6) is 2.85. The van der Waals surface area contributed by atoms with Gasteiger partial charge in [-0.25, -0.2) is 0 Å². The molecule has 0 unspecified atom stereocenters. The number of benzene rings is 2. The van der Waals surface area contributed by atoms with E-state index in [0.29, 0.717) is 6.54 Å². The highest BCUT2D eigenvalue weighted by Gasteiger charge is 2.30. The average molecular weight is 494 g/mol. The van der Waals surface area contributed by atoms with E-state index in [-0.39, 0.29) is 23.8 Å². The van der Waals surface area contributed by atoms with Crippen molar-refractivity contribution in [3.8, 4) is 17.2 Å². The molecule has 5 nitrogen and oxygen atoms in total. The van der Waals surface area contributed by atoms with Crippen molar-refractivity contribution in [2.45, 2.75) is 89.6 Å². The second-order valence-electron chi connectivity index (χ2n) is 10.4. The predicted molar refractivity (Wildman–Crippen MR) is 144 cm³/mol. The molecule has 2 aromatic rings. The number of piperidine rings is 1. The Morgan fingerprint density at radius 1 is 0.972 bits per heavy atom. The van der Waals surface area contributed by atoms with E-state index in [0.717, 1.165) is 61.5 Å². The van der Waals surface area contributed by atoms with Crippen LogP contribution in [0.5, 0.6) is 17.2 Å². The second kappa shape index (κ2) is 13.6. The molecular formula is C31H43NO4. The summed E-state index contributed by atoms with van der Waals surface area (Å²) in [7, 11) is 1.69. The van der Waals surface area contributed by atoms with Crippen LogP contribution in [0.1, 0.15) is 88.2 Å². The zero-order chi connectivity index (χ0) is 25.2. The van der Waals surface area contributed by atoms with Crippen LogP contribution in [0.15, 0.2) is 42.5 Å². The van der Waals surface area contributed by atoms with Gasteiger partial charge in [0.25, 0.3) is 0 Å². The van der Waals surface area contributed by atoms with Crippen molar-refractivity contribution < 1.29 is 19.0 Å². The van der Waals surface area contributed by atoms with Crippen LogP contribution in [0.4, 0.5) is 0 Å². The monoisotopic (exact) mass is 493 g/mol. The van der Waals surface area contributed by atoms with Gasteiger partial charge in [-0.3, -0.25) is 4.79 Å². The van der Waals surface area contributed by atoms with Gasteiger partial charge in [0.05, 0.1) is 19.8 Å². The molecule has 0 radical (unpaired) electrons. The molecule has 4 rings (SSSR count). The summed E-state index contributed by atoms with van der Waals surface area (Å²) in [6, 6.07) is 14.5. The number of carbonyl (C=O) groups excluding carboxylic acids is 1. The number of nitrogens with one attached hydrogen (secondary N) is 1. The van der Waals surface area contributed by atoms with Gasteiger partial charge in [0.1, 0.15) is 5.75 Å². The maximum Gasteiger partial charge on any atom is 0.223 e. The first-order valence-corrected chi connectivity index (χ1v) is 14.0. The van der Waals surface area contributed by atoms with Crippen LogP contribution >= 0.6 is 0 Å². The van der Waals surface area contributed by atoms with E-state index in [4.69, 9.17) is 14.2 Å². The molecule has 1 saturated heterocycles. The molecule has 2 aliphatic rings. The molecule has 1 aliphatic carbocycles. The van der Waals surface area contributed by atoms with E-state index < -0.39 is 0 Å². The molecule has 36 heavy (non-hydrogen) atoms. The fourth-order valence-corrected chi connectivity index (χ4v) is 5.50. The van der Waals surface area contributed by atoms with Gasteiger partial charge in [0, 0.05) is 18.4 Å². The summed E-state index contributed by atoms with van der Waals surface area (Å²) < 4.78 is 17.9. The molecule has 196 valence electrons. The Bertz CT molecular complexity index is 969. The van der Waals surface area contributed by atoms with Crippen LogP contribution in [0.3, 0.4) is 0 Å². The molecule has 1 saturated carbocycles. The van der Waals surface area contributed by atoms with Gasteiger partial charge >= 0.3 is 0 Å². The summed E-state index contributed by atoms with van der Waals surface area (Å²) in [5.41, 5.74) is 2.35. The number of hydrogen-bond acceptors (Lipinski definition) is 4. The molecule has 0 aromatic heterocycles. The standard InChI is InChI=1S/C31H43NO4/c1-3-4-5-6-9-17-35-28-14-10-11-23(19-28)18-25-20-26(22-32-31(25)33)24-15-16-29(34-2)30(21-24)36-27-12-7-8-13-27/h10-11,14-16,19,21,25-27H,3-9,12-13,17-18,20,22H2,1-2H3,(H,32,33)/t25-,26-/m1/s1. The summed E-state index contributed by atoms with van der Waals surface area (Å²) in [6.07, 6.45) is 12.6. The van der Waals surface area contributed by atoms with Gasteiger partial charge in [-0.15, -0.1) is 0 Å². The molecule has 0 bridgehead atoms. The Kier molecular flexibility index (Phi) is 9.94. The van der Waals surface area contributed by atoms with Crippen molar-refractivity contribution in [3.05, 3.63) is 53.6 Å². The molecular weight excluding hydrogens is 450 g/mol. The summed E-state index contributed by atoms with van der Waals surface area (Å²) in [4.78, 5) is 12.8. The summed E-state index contributed by atoms with van der Waals surface area (Å²) in [5, 5.41) is 3.15. The normalized spacial score (nSPS) is 20.2. The Labute approximate surface area is 216 Å². The molecule has 2 aromatic carbocycles. The Morgan fingerprint density at radius 2 is 1.81 bits per heavy atom. The van der Waals surface area contributed by atoms with Crippen molar-refractivity contribution in [3.63, 3.8) is 0 Å². The number of carbonyl (C=O) groups is 1. The van der Waals surface area contributed by atoms with Gasteiger partial charge in [-0.1, -0.05) is 50.8 Å². The number of methoxy groups -OCH3 is 1. The largest absolute Gasteiger partial charge is 0.494 e. The quantitative estimate of drug-likeness (QED) is 0.311. The van der Waals surface area contributed by atoms with Crippen LogP contribution in [0.25, 0.3) is 0 Å². The highest BCUT2D eigenvalue weighted by molar-refractivity contribution is 5.80. The molecule has 1 aliphatic heterocycles. The summed E-state index contributed by atoms with van der Waals surface area (Å²) in [6.45, 7) is 3.64. The van der Waals surface area contributed by atoms with E-state index in [9.17, 15) is 4.79 Å². The molecule has 2 fully saturated rings. The first-order valence-electron chi connectivity index (χ1n) is 14.0. The highest BCUT2D eigenvalue weighted by Crippen LogP contribution is 2.37. The zero-order valence-electron chi connectivity index (χ0n) is 22.1. The van der Waals surface area contributed by atoms with E-state index in [2.05, 4.69) is 36.5 Å². The maximum absolute atomic E-state index is 12.8. The fourth-order valence-electron chi connectivity index (χ4n) is 5.50. The zero-order valence-corrected chi connectivity index (χ0v) is 22.1. The minimum absolute atomic E-state index is 0.0608. The van der Waals surface area contributed by atoms with Crippen molar-refractivity contribution in [2.75, 3.05) is 20.3 Å². The Morgan fingerprint density at radius 3 is 2.61 bits per heavy atom. The van der Waals surface area contributed by atoms with Crippen LogP contribution in [0, 0.1) is 5.92 Å². The van der Waals surface area contributed by atoms with Gasteiger partial charge in [-0.2, -0.15) is 0 Å². The topological polar surface area (TPSA) is 56.8 Å². The minimum atomic E-state index is -0.0608. The Balaban J connectivity index is 1.36. The number of hydrogen-bond donors (Lipinski definition) is 1. The fraction of sp³-hybridized carbons (Fsp3) is 0.581. The molecule has 1 amide bonds. The van der Waals surface area contributed by atoms with Crippen molar-refractivity contribution in [1.29, 1.82) is 0 Å². The first kappa shape index (κ1) is 26.4. The lowest BCUT2D eigenvalue weighted by Crippen LogP contribution is -2.41. The highest BCUT2D eigenvalue weighted by atomic mass is 16.5. The van der Waals surface area contributed by atoms with Crippen LogP contribution < -0.4 is 19.5 Å². The van der Waals surface area contributed by atoms with Crippen molar-refractivity contribution in [1.82, 2.24) is 5.32 Å². The third kappa shape index (κ3) is 7.41. The van der Waals surface area contributed by atoms with E-state index >= 15 is 0 Å². The molecule has 1 N–H and O–H groups in total. The molecule has 0 spiro atoms. The van der Waals surface area contributed by atoms with Crippen LogP contribution in [-0.2, 0) is 11.2 Å². The van der Waals surface area contributed by atoms with Crippen LogP contribution in [-0.4, -0.2) is 32.3 Å². The van der Waals surface area contributed by atoms with Crippen molar-refractivity contribution >= 4 is 5.91 Å². The maximum atomic E-state index is 12.8. The van der Waals surface area contributed by atoms with Crippen LogP contribution in [0.2, 0.25) is 0 Å². The number of rotatable bonds is 13. The first-order chi connectivity index (χ1) is 17.7. The van der Waals surface area contributed by atoms with E-state index in [1.807, 2.05) is 18.2 Å². The van der Waals surface area contributed by atoms with E-state index in [1.54, 1.807) is 7.11 Å². The SMILES string of the molecule is CCCCCCCOc1cccc(C[C@@H]2C[C@@H](c3ccc(OC)c(OC4CCCC4)c3)CNC2=O)c1. The van der Waals surface area contributed by atoms with Gasteiger partial charge in [-0.05, 0) is 80.3 Å². The minimum Gasteiger partial charge on any atom is -0.494 e. The Hall–Kier alpha value is -2.69. The molecule has 1 heterocycles. The summed E-state index contributed by atoms with van der Waals surface area (Å²) >= 11 is 0. The molecule has 2 atom stereocenters. The number of ether oxygens (including phenoxy) is 3. The number of unbranched alkanes of at least 4 members (excludes halogenated alkanes) is 4. The van der Waals surface area contributed by atoms with Crippen molar-refractivity contribution in [2.24, 2.45) is 5.92 Å².